The molecule has 176 valence electrons. The second-order valence-corrected chi connectivity index (χ2v) is 9.45. The zero-order valence-electron chi connectivity index (χ0n) is 20.4. The molecule has 2 heterocycles. The summed E-state index contributed by atoms with van der Waals surface area (Å²) in [6, 6.07) is 9.63. The van der Waals surface area contributed by atoms with Crippen LogP contribution in [0.25, 0.3) is 16.8 Å². The maximum Gasteiger partial charge on any atom is 0.279 e. The van der Waals surface area contributed by atoms with Crippen molar-refractivity contribution in [3.8, 4) is 16.8 Å². The van der Waals surface area contributed by atoms with Crippen LogP contribution in [0.2, 0.25) is 0 Å². The quantitative estimate of drug-likeness (QED) is 0.559. The van der Waals surface area contributed by atoms with E-state index in [1.54, 1.807) is 4.68 Å². The van der Waals surface area contributed by atoms with Crippen molar-refractivity contribution in [3.05, 3.63) is 63.3 Å². The zero-order chi connectivity index (χ0) is 23.7. The molecule has 6 nitrogen and oxygen atoms in total. The molecule has 3 aromatic rings. The van der Waals surface area contributed by atoms with Gasteiger partial charge in [-0.3, -0.25) is 14.3 Å². The minimum absolute atomic E-state index is 0.115. The highest BCUT2D eigenvalue weighted by Crippen LogP contribution is 2.36. The Bertz CT molecular complexity index is 1210. The van der Waals surface area contributed by atoms with Crippen molar-refractivity contribution in [3.63, 3.8) is 0 Å². The second kappa shape index (κ2) is 9.46. The Kier molecular flexibility index (Phi) is 6.63. The third kappa shape index (κ3) is 4.07. The summed E-state index contributed by atoms with van der Waals surface area (Å²) in [5.41, 5.74) is 11.3. The summed E-state index contributed by atoms with van der Waals surface area (Å²) < 4.78 is 5.86. The summed E-state index contributed by atoms with van der Waals surface area (Å²) in [5.74, 6) is 0.142. The van der Waals surface area contributed by atoms with E-state index in [1.165, 1.54) is 32.1 Å². The minimum Gasteiger partial charge on any atom is -0.366 e. The summed E-state index contributed by atoms with van der Waals surface area (Å²) >= 11 is 0. The van der Waals surface area contributed by atoms with Crippen LogP contribution in [0, 0.1) is 19.8 Å². The summed E-state index contributed by atoms with van der Waals surface area (Å²) in [4.78, 5) is 26.6. The Morgan fingerprint density at radius 2 is 1.70 bits per heavy atom. The number of nitrogens with zero attached hydrogens (tertiary/aromatic N) is 3. The number of carbonyl (C=O) groups excluding carboxylic acids is 1. The van der Waals surface area contributed by atoms with E-state index in [0.29, 0.717) is 17.0 Å². The molecule has 0 spiro atoms. The van der Waals surface area contributed by atoms with Gasteiger partial charge in [0.1, 0.15) is 0 Å². The molecule has 1 fully saturated rings. The molecule has 4 rings (SSSR count). The Morgan fingerprint density at radius 1 is 1.03 bits per heavy atom. The lowest BCUT2D eigenvalue weighted by Crippen LogP contribution is -2.21. The molecule has 1 aromatic carbocycles. The number of nitrogens with two attached hydrogens (primary N) is 1. The number of primary amides is 1. The Labute approximate surface area is 196 Å². The van der Waals surface area contributed by atoms with Crippen LogP contribution in [0.15, 0.2) is 35.1 Å². The van der Waals surface area contributed by atoms with Crippen molar-refractivity contribution in [1.29, 1.82) is 0 Å². The fraction of sp³-hybridized carbons (Fsp3) is 0.481. The molecular weight excluding hydrogens is 412 g/mol. The van der Waals surface area contributed by atoms with Crippen LogP contribution in [-0.4, -0.2) is 19.8 Å². The van der Waals surface area contributed by atoms with Crippen molar-refractivity contribution in [2.24, 2.45) is 18.7 Å². The fourth-order valence-electron chi connectivity index (χ4n) is 5.60. The van der Waals surface area contributed by atoms with Crippen molar-refractivity contribution < 1.29 is 4.79 Å². The highest BCUT2D eigenvalue weighted by molar-refractivity contribution is 6.02. The third-order valence-electron chi connectivity index (χ3n) is 7.33. The standard InChI is InChI=1S/C27H36N4O2/c1-5-12-22-25(23(26(28)32)19(3)30(22)17-20-13-8-6-9-14-20)24-18(2)29(4)31(27(24)33)21-15-10-7-11-16-21/h7,10-11,15-16,20H,5-6,8-9,12-14,17H2,1-4H3,(H2,28,32). The van der Waals surface area contributed by atoms with Crippen molar-refractivity contribution in [1.82, 2.24) is 13.9 Å². The molecule has 0 radical (unpaired) electrons. The second-order valence-electron chi connectivity index (χ2n) is 9.45. The highest BCUT2D eigenvalue weighted by atomic mass is 16.1. The maximum absolute atomic E-state index is 13.8. The fourth-order valence-corrected chi connectivity index (χ4v) is 5.60. The minimum atomic E-state index is -0.462. The summed E-state index contributed by atoms with van der Waals surface area (Å²) in [7, 11) is 1.89. The van der Waals surface area contributed by atoms with Crippen LogP contribution in [0.1, 0.15) is 72.9 Å². The number of aromatic nitrogens is 3. The number of rotatable bonds is 7. The smallest absolute Gasteiger partial charge is 0.279 e. The van der Waals surface area contributed by atoms with E-state index in [2.05, 4.69) is 11.5 Å². The molecule has 2 N–H and O–H groups in total. The predicted molar refractivity (Wildman–Crippen MR) is 133 cm³/mol. The van der Waals surface area contributed by atoms with Gasteiger partial charge in [0, 0.05) is 36.2 Å². The number of benzene rings is 1. The molecule has 33 heavy (non-hydrogen) atoms. The summed E-state index contributed by atoms with van der Waals surface area (Å²) in [6.07, 6.45) is 8.01. The van der Waals surface area contributed by atoms with E-state index >= 15 is 0 Å². The van der Waals surface area contributed by atoms with Crippen molar-refractivity contribution in [2.45, 2.75) is 72.3 Å². The van der Waals surface area contributed by atoms with E-state index in [1.807, 2.05) is 55.9 Å². The number of hydrogen-bond donors (Lipinski definition) is 1. The Morgan fingerprint density at radius 3 is 2.30 bits per heavy atom. The molecule has 6 heteroatoms. The summed E-state index contributed by atoms with van der Waals surface area (Å²) in [5, 5.41) is 0. The molecule has 0 bridgehead atoms. The molecule has 0 aliphatic heterocycles. The lowest BCUT2D eigenvalue weighted by Gasteiger charge is -2.24. The molecule has 2 aromatic heterocycles. The van der Waals surface area contributed by atoms with E-state index in [4.69, 9.17) is 5.73 Å². The Hall–Kier alpha value is -3.02. The van der Waals surface area contributed by atoms with Gasteiger partial charge in [0.2, 0.25) is 0 Å². The normalized spacial score (nSPS) is 14.7. The van der Waals surface area contributed by atoms with Gasteiger partial charge in [0.25, 0.3) is 11.5 Å². The van der Waals surface area contributed by atoms with Crippen LogP contribution < -0.4 is 11.3 Å². The number of carbonyl (C=O) groups is 1. The van der Waals surface area contributed by atoms with Gasteiger partial charge in [-0.2, -0.15) is 0 Å². The molecule has 1 aliphatic rings. The van der Waals surface area contributed by atoms with Crippen LogP contribution >= 0.6 is 0 Å². The van der Waals surface area contributed by atoms with Crippen LogP contribution in [0.5, 0.6) is 0 Å². The zero-order valence-corrected chi connectivity index (χ0v) is 20.4. The van der Waals surface area contributed by atoms with E-state index in [0.717, 1.165) is 47.7 Å². The molecule has 0 atom stereocenters. The Balaban J connectivity index is 1.97. The van der Waals surface area contributed by atoms with Crippen LogP contribution in [0.4, 0.5) is 0 Å². The van der Waals surface area contributed by atoms with Crippen LogP contribution in [0.3, 0.4) is 0 Å². The average Bonchev–Trinajstić information content (AvgIpc) is 3.19. The topological polar surface area (TPSA) is 75.0 Å². The first-order chi connectivity index (χ1) is 15.9. The largest absolute Gasteiger partial charge is 0.366 e. The first-order valence-electron chi connectivity index (χ1n) is 12.2. The highest BCUT2D eigenvalue weighted by Gasteiger charge is 2.30. The molecule has 1 aliphatic carbocycles. The van der Waals surface area contributed by atoms with Gasteiger partial charge in [0.05, 0.1) is 16.8 Å². The van der Waals surface area contributed by atoms with Gasteiger partial charge in [-0.1, -0.05) is 50.8 Å². The molecule has 0 saturated heterocycles. The van der Waals surface area contributed by atoms with Gasteiger partial charge in [0.15, 0.2) is 0 Å². The molecule has 1 saturated carbocycles. The number of para-hydroxylation sites is 1. The van der Waals surface area contributed by atoms with Gasteiger partial charge >= 0.3 is 0 Å². The first-order valence-corrected chi connectivity index (χ1v) is 12.2. The summed E-state index contributed by atoms with van der Waals surface area (Å²) in [6.45, 7) is 6.96. The average molecular weight is 449 g/mol. The predicted octanol–water partition coefficient (Wildman–Crippen LogP) is 4.89. The van der Waals surface area contributed by atoms with Gasteiger partial charge in [-0.05, 0) is 51.2 Å². The van der Waals surface area contributed by atoms with E-state index in [-0.39, 0.29) is 5.56 Å². The monoisotopic (exact) mass is 448 g/mol. The first kappa shape index (κ1) is 23.1. The SMILES string of the molecule is CCCc1c(-c2c(C)n(C)n(-c3ccccc3)c2=O)c(C(N)=O)c(C)n1CC1CCCCC1. The lowest BCUT2D eigenvalue weighted by atomic mass is 9.89. The number of amides is 1. The molecule has 1 amide bonds. The van der Waals surface area contributed by atoms with E-state index in [9.17, 15) is 9.59 Å². The molecule has 0 unspecified atom stereocenters. The number of hydrogen-bond acceptors (Lipinski definition) is 2. The van der Waals surface area contributed by atoms with Crippen LogP contribution in [-0.2, 0) is 20.0 Å². The maximum atomic E-state index is 13.8. The molecular formula is C27H36N4O2. The van der Waals surface area contributed by atoms with E-state index < -0.39 is 5.91 Å². The van der Waals surface area contributed by atoms with Gasteiger partial charge < -0.3 is 10.3 Å². The third-order valence-corrected chi connectivity index (χ3v) is 7.33. The lowest BCUT2D eigenvalue weighted by molar-refractivity contribution is 0.1000. The van der Waals surface area contributed by atoms with Crippen molar-refractivity contribution in [2.75, 3.05) is 0 Å². The van der Waals surface area contributed by atoms with Crippen molar-refractivity contribution >= 4 is 5.91 Å². The van der Waals surface area contributed by atoms with Gasteiger partial charge in [-0.15, -0.1) is 0 Å². The van der Waals surface area contributed by atoms with Gasteiger partial charge in [-0.25, -0.2) is 4.68 Å².